The van der Waals surface area contributed by atoms with Crippen LogP contribution in [0.15, 0.2) is 0 Å². The fourth-order valence-corrected chi connectivity index (χ4v) is 3.36. The van der Waals surface area contributed by atoms with Gasteiger partial charge in [-0.3, -0.25) is 4.90 Å². The highest BCUT2D eigenvalue weighted by Crippen LogP contribution is 2.29. The van der Waals surface area contributed by atoms with Gasteiger partial charge in [0.05, 0.1) is 0 Å². The maximum atomic E-state index is 9.37. The molecule has 0 saturated carbocycles. The van der Waals surface area contributed by atoms with Crippen molar-refractivity contribution in [3.63, 3.8) is 0 Å². The summed E-state index contributed by atoms with van der Waals surface area (Å²) in [4.78, 5) is 2.22. The Morgan fingerprint density at radius 1 is 1.44 bits per heavy atom. The van der Waals surface area contributed by atoms with Crippen LogP contribution in [-0.2, 0) is 0 Å². The Hall–Kier alpha value is -0.240. The van der Waals surface area contributed by atoms with Gasteiger partial charge in [-0.05, 0) is 32.4 Å². The lowest BCUT2D eigenvalue weighted by molar-refractivity contribution is 0.0322. The van der Waals surface area contributed by atoms with Gasteiger partial charge in [0, 0.05) is 17.8 Å². The second-order valence-corrected chi connectivity index (χ2v) is 5.98. The van der Waals surface area contributed by atoms with Crippen LogP contribution in [0.4, 0.5) is 0 Å². The van der Waals surface area contributed by atoms with Crippen LogP contribution < -0.4 is 5.73 Å². The molecule has 1 aliphatic heterocycles. The molecule has 0 spiro atoms. The number of likely N-dealkylation sites (tertiary alicyclic amines) is 1. The van der Waals surface area contributed by atoms with E-state index in [0.29, 0.717) is 17.8 Å². The zero-order valence-corrected chi connectivity index (χ0v) is 11.4. The molecule has 4 heteroatoms. The number of piperidine rings is 1. The van der Waals surface area contributed by atoms with Crippen molar-refractivity contribution in [3.05, 3.63) is 0 Å². The van der Waals surface area contributed by atoms with E-state index in [1.54, 1.807) is 11.8 Å². The second-order valence-electron chi connectivity index (χ2n) is 4.71. The number of nitrogens with two attached hydrogens (primary N) is 1. The van der Waals surface area contributed by atoms with E-state index in [2.05, 4.69) is 31.7 Å². The first-order valence-corrected chi connectivity index (χ1v) is 7.27. The summed E-state index contributed by atoms with van der Waals surface area (Å²) < 4.78 is 0. The van der Waals surface area contributed by atoms with Crippen molar-refractivity contribution in [3.8, 4) is 6.07 Å². The maximum Gasteiger partial charge on any atom is 0.168 e. The first kappa shape index (κ1) is 13.8. The van der Waals surface area contributed by atoms with E-state index < -0.39 is 5.66 Å². The lowest BCUT2D eigenvalue weighted by atomic mass is 9.94. The molecule has 92 valence electrons. The number of thioether (sulfide) groups is 1. The summed E-state index contributed by atoms with van der Waals surface area (Å²) in [7, 11) is 0. The van der Waals surface area contributed by atoms with E-state index in [4.69, 9.17) is 5.73 Å². The minimum Gasteiger partial charge on any atom is -0.300 e. The third kappa shape index (κ3) is 2.91. The van der Waals surface area contributed by atoms with Crippen molar-refractivity contribution < 1.29 is 0 Å². The summed E-state index contributed by atoms with van der Waals surface area (Å²) in [5.41, 5.74) is 5.49. The number of rotatable bonds is 4. The third-order valence-electron chi connectivity index (χ3n) is 3.37. The molecule has 1 aliphatic rings. The summed E-state index contributed by atoms with van der Waals surface area (Å²) in [5.74, 6) is 1.71. The summed E-state index contributed by atoms with van der Waals surface area (Å²) in [6.07, 6.45) is 3.56. The Morgan fingerprint density at radius 2 is 2.00 bits per heavy atom. The first-order valence-electron chi connectivity index (χ1n) is 6.11. The Labute approximate surface area is 103 Å². The van der Waals surface area contributed by atoms with Gasteiger partial charge in [-0.2, -0.15) is 17.0 Å². The molecule has 1 saturated heterocycles. The molecule has 3 atom stereocenters. The van der Waals surface area contributed by atoms with E-state index in [9.17, 15) is 5.26 Å². The number of nitrogens with zero attached hydrogens (tertiary/aromatic N) is 2. The smallest absolute Gasteiger partial charge is 0.168 e. The first-order chi connectivity index (χ1) is 7.55. The molecule has 0 bridgehead atoms. The highest BCUT2D eigenvalue weighted by atomic mass is 32.2. The van der Waals surface area contributed by atoms with Crippen LogP contribution >= 0.6 is 11.8 Å². The van der Waals surface area contributed by atoms with Crippen molar-refractivity contribution in [1.29, 1.82) is 5.26 Å². The molecule has 0 aromatic carbocycles. The van der Waals surface area contributed by atoms with Crippen LogP contribution in [0.1, 0.15) is 40.0 Å². The molecule has 16 heavy (non-hydrogen) atoms. The molecule has 0 aliphatic carbocycles. The van der Waals surface area contributed by atoms with Crippen LogP contribution in [0.25, 0.3) is 0 Å². The maximum absolute atomic E-state index is 9.37. The van der Waals surface area contributed by atoms with Gasteiger partial charge >= 0.3 is 0 Å². The van der Waals surface area contributed by atoms with E-state index in [0.717, 1.165) is 18.6 Å². The van der Waals surface area contributed by atoms with Gasteiger partial charge in [0.25, 0.3) is 0 Å². The molecule has 3 unspecified atom stereocenters. The molecule has 1 fully saturated rings. The SMILES string of the molecule is CCSCC(N)(C#N)N1C(C)CCCC1C. The summed E-state index contributed by atoms with van der Waals surface area (Å²) >= 11 is 1.75. The van der Waals surface area contributed by atoms with Gasteiger partial charge in [-0.1, -0.05) is 13.3 Å². The molecule has 0 aromatic heterocycles. The van der Waals surface area contributed by atoms with E-state index in [1.807, 2.05) is 0 Å². The number of hydrogen-bond acceptors (Lipinski definition) is 4. The fourth-order valence-electron chi connectivity index (χ4n) is 2.63. The van der Waals surface area contributed by atoms with Gasteiger partial charge in [-0.25, -0.2) is 0 Å². The lowest BCUT2D eigenvalue weighted by Gasteiger charge is -2.46. The number of hydrogen-bond donors (Lipinski definition) is 1. The standard InChI is InChI=1S/C12H23N3S/c1-4-16-9-12(14,8-13)15-10(2)6-5-7-11(15)3/h10-11H,4-7,9,14H2,1-3H3. The third-order valence-corrected chi connectivity index (χ3v) is 4.43. The monoisotopic (exact) mass is 241 g/mol. The molecule has 3 nitrogen and oxygen atoms in total. The van der Waals surface area contributed by atoms with Crippen LogP contribution in [0.3, 0.4) is 0 Å². The Bertz CT molecular complexity index is 253. The van der Waals surface area contributed by atoms with Crippen LogP contribution in [0.2, 0.25) is 0 Å². The van der Waals surface area contributed by atoms with E-state index in [-0.39, 0.29) is 0 Å². The van der Waals surface area contributed by atoms with Crippen molar-refractivity contribution in [2.24, 2.45) is 5.73 Å². The van der Waals surface area contributed by atoms with Crippen LogP contribution in [-0.4, -0.2) is 34.2 Å². The molecular weight excluding hydrogens is 218 g/mol. The Balaban J connectivity index is 2.80. The minimum absolute atomic E-state index is 0.422. The van der Waals surface area contributed by atoms with Gasteiger partial charge in [0.2, 0.25) is 0 Å². The molecule has 0 amide bonds. The molecule has 0 aromatic rings. The van der Waals surface area contributed by atoms with E-state index in [1.165, 1.54) is 6.42 Å². The van der Waals surface area contributed by atoms with Gasteiger partial charge in [0.1, 0.15) is 6.07 Å². The van der Waals surface area contributed by atoms with Crippen LogP contribution in [0, 0.1) is 11.3 Å². The number of nitriles is 1. The molecule has 1 heterocycles. The second kappa shape index (κ2) is 5.90. The lowest BCUT2D eigenvalue weighted by Crippen LogP contribution is -2.64. The average molecular weight is 241 g/mol. The largest absolute Gasteiger partial charge is 0.300 e. The highest BCUT2D eigenvalue weighted by molar-refractivity contribution is 7.99. The molecule has 2 N–H and O–H groups in total. The summed E-state index contributed by atoms with van der Waals surface area (Å²) in [5, 5.41) is 9.37. The highest BCUT2D eigenvalue weighted by Gasteiger charge is 2.40. The van der Waals surface area contributed by atoms with Gasteiger partial charge in [0.15, 0.2) is 5.66 Å². The predicted molar refractivity (Wildman–Crippen MR) is 70.1 cm³/mol. The van der Waals surface area contributed by atoms with Crippen molar-refractivity contribution in [2.75, 3.05) is 11.5 Å². The normalized spacial score (nSPS) is 30.7. The zero-order valence-electron chi connectivity index (χ0n) is 10.6. The predicted octanol–water partition coefficient (Wildman–Crippen LogP) is 2.18. The van der Waals surface area contributed by atoms with Crippen LogP contribution in [0.5, 0.6) is 0 Å². The van der Waals surface area contributed by atoms with Crippen molar-refractivity contribution >= 4 is 11.8 Å². The zero-order chi connectivity index (χ0) is 12.2. The average Bonchev–Trinajstić information content (AvgIpc) is 2.26. The molecular formula is C12H23N3S. The summed E-state index contributed by atoms with van der Waals surface area (Å²) in [6.45, 7) is 6.47. The quantitative estimate of drug-likeness (QED) is 0.819. The van der Waals surface area contributed by atoms with Crippen molar-refractivity contribution in [1.82, 2.24) is 4.90 Å². The Kier molecular flexibility index (Phi) is 5.10. The summed E-state index contributed by atoms with van der Waals surface area (Å²) in [6, 6.07) is 3.17. The topological polar surface area (TPSA) is 53.1 Å². The van der Waals surface area contributed by atoms with Gasteiger partial charge in [-0.15, -0.1) is 0 Å². The minimum atomic E-state index is -0.792. The molecule has 1 rings (SSSR count). The van der Waals surface area contributed by atoms with Crippen molar-refractivity contribution in [2.45, 2.75) is 57.8 Å². The Morgan fingerprint density at radius 3 is 2.44 bits per heavy atom. The van der Waals surface area contributed by atoms with E-state index >= 15 is 0 Å². The fraction of sp³-hybridized carbons (Fsp3) is 0.917. The molecule has 0 radical (unpaired) electrons. The van der Waals surface area contributed by atoms with Gasteiger partial charge < -0.3 is 5.73 Å².